The fraction of sp³-hybridized carbons (Fsp3) is 0.571. The summed E-state index contributed by atoms with van der Waals surface area (Å²) in [5.41, 5.74) is 0.886. The lowest BCUT2D eigenvalue weighted by Gasteiger charge is -2.22. The molecule has 1 aliphatic rings. The zero-order valence-electron chi connectivity index (χ0n) is 11.5. The van der Waals surface area contributed by atoms with Gasteiger partial charge in [-0.1, -0.05) is 0 Å². The number of methoxy groups -OCH3 is 3. The minimum atomic E-state index is -0.167. The Morgan fingerprint density at radius 2 is 1.89 bits per heavy atom. The average Bonchev–Trinajstić information content (AvgIpc) is 2.93. The molecule has 0 bridgehead atoms. The summed E-state index contributed by atoms with van der Waals surface area (Å²) in [7, 11) is 4.74. The smallest absolute Gasteiger partial charge is 0.203 e. The van der Waals surface area contributed by atoms with Gasteiger partial charge in [-0.3, -0.25) is 0 Å². The molecule has 0 spiro atoms. The van der Waals surface area contributed by atoms with Gasteiger partial charge in [0.1, 0.15) is 0 Å². The molecule has 1 fully saturated rings. The van der Waals surface area contributed by atoms with Crippen LogP contribution in [0.5, 0.6) is 17.2 Å². The molecule has 1 heterocycles. The number of hydrogen-bond donors (Lipinski definition) is 1. The van der Waals surface area contributed by atoms with Gasteiger partial charge in [-0.05, 0) is 18.6 Å². The van der Waals surface area contributed by atoms with Crippen LogP contribution in [0.3, 0.4) is 0 Å². The first kappa shape index (κ1) is 14.0. The molecule has 0 amide bonds. The predicted molar refractivity (Wildman–Crippen MR) is 70.0 cm³/mol. The lowest BCUT2D eigenvalue weighted by molar-refractivity contribution is 0.0697. The second kappa shape index (κ2) is 6.12. The van der Waals surface area contributed by atoms with E-state index in [2.05, 4.69) is 0 Å². The lowest BCUT2D eigenvalue weighted by atomic mass is 9.95. The van der Waals surface area contributed by atoms with Crippen LogP contribution in [0.1, 0.15) is 18.1 Å². The van der Waals surface area contributed by atoms with Gasteiger partial charge in [0.05, 0.1) is 27.4 Å². The van der Waals surface area contributed by atoms with Gasteiger partial charge in [0.25, 0.3) is 0 Å². The van der Waals surface area contributed by atoms with Crippen LogP contribution in [-0.4, -0.2) is 39.6 Å². The fourth-order valence-electron chi connectivity index (χ4n) is 2.51. The van der Waals surface area contributed by atoms with E-state index in [0.717, 1.165) is 12.0 Å². The summed E-state index contributed by atoms with van der Waals surface area (Å²) in [5, 5.41) is 9.41. The molecule has 19 heavy (non-hydrogen) atoms. The summed E-state index contributed by atoms with van der Waals surface area (Å²) < 4.78 is 21.8. The van der Waals surface area contributed by atoms with Gasteiger partial charge in [0.2, 0.25) is 5.75 Å². The molecule has 2 unspecified atom stereocenters. The van der Waals surface area contributed by atoms with E-state index in [0.29, 0.717) is 23.9 Å². The van der Waals surface area contributed by atoms with Gasteiger partial charge in [-0.15, -0.1) is 0 Å². The molecule has 1 aliphatic heterocycles. The van der Waals surface area contributed by atoms with Crippen molar-refractivity contribution in [1.29, 1.82) is 0 Å². The Morgan fingerprint density at radius 1 is 1.16 bits per heavy atom. The van der Waals surface area contributed by atoms with Gasteiger partial charge in [-0.2, -0.15) is 0 Å². The van der Waals surface area contributed by atoms with Crippen LogP contribution in [0.4, 0.5) is 0 Å². The summed E-state index contributed by atoms with van der Waals surface area (Å²) >= 11 is 0. The van der Waals surface area contributed by atoms with E-state index in [1.807, 2.05) is 12.1 Å². The molecule has 0 aliphatic carbocycles. The molecule has 1 N–H and O–H groups in total. The molecule has 2 atom stereocenters. The van der Waals surface area contributed by atoms with Gasteiger partial charge < -0.3 is 24.1 Å². The summed E-state index contributed by atoms with van der Waals surface area (Å²) in [6.07, 6.45) is 0.679. The van der Waals surface area contributed by atoms with Crippen molar-refractivity contribution < 1.29 is 24.1 Å². The molecule has 2 rings (SSSR count). The molecule has 0 aromatic heterocycles. The molecule has 1 aromatic carbocycles. The normalized spacial score (nSPS) is 22.3. The van der Waals surface area contributed by atoms with Crippen LogP contribution in [0.25, 0.3) is 0 Å². The Morgan fingerprint density at radius 3 is 2.47 bits per heavy atom. The van der Waals surface area contributed by atoms with Crippen molar-refractivity contribution in [3.63, 3.8) is 0 Å². The van der Waals surface area contributed by atoms with Crippen molar-refractivity contribution >= 4 is 0 Å². The summed E-state index contributed by atoms with van der Waals surface area (Å²) in [5.74, 6) is 1.86. The highest BCUT2D eigenvalue weighted by Crippen LogP contribution is 2.46. The Balaban J connectivity index is 2.45. The van der Waals surface area contributed by atoms with Gasteiger partial charge in [0, 0.05) is 24.7 Å². The van der Waals surface area contributed by atoms with E-state index in [-0.39, 0.29) is 18.6 Å². The van der Waals surface area contributed by atoms with E-state index in [1.165, 1.54) is 0 Å². The van der Waals surface area contributed by atoms with Gasteiger partial charge >= 0.3 is 0 Å². The van der Waals surface area contributed by atoms with Gasteiger partial charge in [0.15, 0.2) is 11.5 Å². The third-order valence-electron chi connectivity index (χ3n) is 3.49. The van der Waals surface area contributed by atoms with E-state index < -0.39 is 0 Å². The summed E-state index contributed by atoms with van der Waals surface area (Å²) in [4.78, 5) is 0. The molecule has 5 nitrogen and oxygen atoms in total. The third-order valence-corrected chi connectivity index (χ3v) is 3.49. The molecule has 0 saturated carbocycles. The van der Waals surface area contributed by atoms with E-state index in [9.17, 15) is 5.11 Å². The van der Waals surface area contributed by atoms with Crippen LogP contribution in [0.2, 0.25) is 0 Å². The Kier molecular flexibility index (Phi) is 4.50. The van der Waals surface area contributed by atoms with E-state index >= 15 is 0 Å². The van der Waals surface area contributed by atoms with Crippen molar-refractivity contribution in [2.75, 3.05) is 34.5 Å². The SMILES string of the molecule is COc1ccc(C2OCCC2CO)c(OC)c1OC. The maximum absolute atomic E-state index is 9.41. The second-order valence-corrected chi connectivity index (χ2v) is 4.45. The largest absolute Gasteiger partial charge is 0.493 e. The van der Waals surface area contributed by atoms with Crippen LogP contribution < -0.4 is 14.2 Å². The Hall–Kier alpha value is -1.46. The number of aliphatic hydroxyl groups is 1. The minimum Gasteiger partial charge on any atom is -0.493 e. The number of benzene rings is 1. The van der Waals surface area contributed by atoms with Crippen LogP contribution in [0.15, 0.2) is 12.1 Å². The lowest BCUT2D eigenvalue weighted by Crippen LogP contribution is -2.13. The molecule has 1 saturated heterocycles. The maximum atomic E-state index is 9.41. The molecular weight excluding hydrogens is 248 g/mol. The Bertz CT molecular complexity index is 432. The zero-order chi connectivity index (χ0) is 13.8. The van der Waals surface area contributed by atoms with Crippen LogP contribution in [-0.2, 0) is 4.74 Å². The van der Waals surface area contributed by atoms with Gasteiger partial charge in [-0.25, -0.2) is 0 Å². The summed E-state index contributed by atoms with van der Waals surface area (Å²) in [6, 6.07) is 3.73. The standard InChI is InChI=1S/C14H20O5/c1-16-11-5-4-10(13(17-2)14(11)18-3)12-9(8-15)6-7-19-12/h4-5,9,12,15H,6-8H2,1-3H3. The first-order valence-electron chi connectivity index (χ1n) is 6.28. The highest BCUT2D eigenvalue weighted by molar-refractivity contribution is 5.56. The quantitative estimate of drug-likeness (QED) is 0.882. The fourth-order valence-corrected chi connectivity index (χ4v) is 2.51. The van der Waals surface area contributed by atoms with Crippen molar-refractivity contribution in [3.05, 3.63) is 17.7 Å². The van der Waals surface area contributed by atoms with E-state index in [4.69, 9.17) is 18.9 Å². The molecule has 106 valence electrons. The molecule has 0 radical (unpaired) electrons. The van der Waals surface area contributed by atoms with Crippen molar-refractivity contribution in [1.82, 2.24) is 0 Å². The van der Waals surface area contributed by atoms with Crippen molar-refractivity contribution in [2.24, 2.45) is 5.92 Å². The third kappa shape index (κ3) is 2.48. The number of aliphatic hydroxyl groups excluding tert-OH is 1. The van der Waals surface area contributed by atoms with Crippen LogP contribution >= 0.6 is 0 Å². The monoisotopic (exact) mass is 268 g/mol. The zero-order valence-corrected chi connectivity index (χ0v) is 11.5. The Labute approximate surface area is 113 Å². The predicted octanol–water partition coefficient (Wildman–Crippen LogP) is 1.78. The van der Waals surface area contributed by atoms with E-state index in [1.54, 1.807) is 21.3 Å². The minimum absolute atomic E-state index is 0.0898. The first-order valence-corrected chi connectivity index (χ1v) is 6.28. The average molecular weight is 268 g/mol. The van der Waals surface area contributed by atoms with Crippen molar-refractivity contribution in [2.45, 2.75) is 12.5 Å². The first-order chi connectivity index (χ1) is 9.26. The number of rotatable bonds is 5. The molecular formula is C14H20O5. The topological polar surface area (TPSA) is 57.2 Å². The maximum Gasteiger partial charge on any atom is 0.203 e. The number of hydrogen-bond acceptors (Lipinski definition) is 5. The second-order valence-electron chi connectivity index (χ2n) is 4.45. The molecule has 5 heteroatoms. The number of ether oxygens (including phenoxy) is 4. The van der Waals surface area contributed by atoms with Crippen molar-refractivity contribution in [3.8, 4) is 17.2 Å². The highest BCUT2D eigenvalue weighted by atomic mass is 16.5. The summed E-state index contributed by atoms with van der Waals surface area (Å²) in [6.45, 7) is 0.746. The highest BCUT2D eigenvalue weighted by Gasteiger charge is 2.33. The van der Waals surface area contributed by atoms with Crippen LogP contribution in [0, 0.1) is 5.92 Å². The molecule has 1 aromatic rings.